The fraction of sp³-hybridized carbons (Fsp3) is 0.643. The molecule has 1 aliphatic rings. The predicted octanol–water partition coefficient (Wildman–Crippen LogP) is 1.63. The van der Waals surface area contributed by atoms with Crippen LogP contribution in [0.15, 0.2) is 4.99 Å². The van der Waals surface area contributed by atoms with Crippen molar-refractivity contribution in [3.8, 4) is 0 Å². The molecule has 1 aliphatic carbocycles. The molecular formula is C14H23N5OS. The number of hydrogen-bond donors (Lipinski definition) is 3. The third-order valence-electron chi connectivity index (χ3n) is 3.51. The summed E-state index contributed by atoms with van der Waals surface area (Å²) in [6.45, 7) is 5.01. The van der Waals surface area contributed by atoms with E-state index in [-0.39, 0.29) is 17.8 Å². The van der Waals surface area contributed by atoms with Gasteiger partial charge in [0.15, 0.2) is 5.96 Å². The first kappa shape index (κ1) is 15.8. The number of aliphatic imine (C=N–C) groups is 1. The van der Waals surface area contributed by atoms with Gasteiger partial charge in [-0.1, -0.05) is 25.2 Å². The van der Waals surface area contributed by atoms with Crippen LogP contribution in [-0.2, 0) is 11.2 Å². The Bertz CT molecular complexity index is 533. The molecule has 1 unspecified atom stereocenters. The highest BCUT2D eigenvalue weighted by Crippen LogP contribution is 2.37. The Hall–Kier alpha value is -1.63. The van der Waals surface area contributed by atoms with E-state index in [1.54, 1.807) is 0 Å². The molecular weight excluding hydrogens is 286 g/mol. The van der Waals surface area contributed by atoms with Crippen LogP contribution in [0.1, 0.15) is 49.6 Å². The standard InChI is InChI=1S/C14H23N5OS/c1-8(2)6-7-17-12(20)9-4-3-5-10-11(9)18-14(21-10)19-13(15)16/h8-9H,3-7H2,1-2H3,(H,17,20)(H4,15,16,18,19). The van der Waals surface area contributed by atoms with Gasteiger partial charge in [-0.25, -0.2) is 4.98 Å². The van der Waals surface area contributed by atoms with Crippen LogP contribution in [0.25, 0.3) is 0 Å². The molecule has 5 N–H and O–H groups in total. The molecule has 1 heterocycles. The Morgan fingerprint density at radius 3 is 2.95 bits per heavy atom. The van der Waals surface area contributed by atoms with Crippen molar-refractivity contribution in [2.45, 2.75) is 45.4 Å². The van der Waals surface area contributed by atoms with Crippen LogP contribution in [0.3, 0.4) is 0 Å². The number of guanidine groups is 1. The number of carbonyl (C=O) groups excluding carboxylic acids is 1. The van der Waals surface area contributed by atoms with E-state index in [0.717, 1.165) is 36.3 Å². The van der Waals surface area contributed by atoms with Gasteiger partial charge in [0.1, 0.15) is 0 Å². The molecule has 7 heteroatoms. The molecule has 0 spiro atoms. The van der Waals surface area contributed by atoms with Crippen LogP contribution in [0.5, 0.6) is 0 Å². The summed E-state index contributed by atoms with van der Waals surface area (Å²) in [5.41, 5.74) is 11.6. The molecule has 0 bridgehead atoms. The monoisotopic (exact) mass is 309 g/mol. The summed E-state index contributed by atoms with van der Waals surface area (Å²) in [5, 5.41) is 3.56. The molecule has 0 saturated heterocycles. The van der Waals surface area contributed by atoms with Crippen LogP contribution < -0.4 is 16.8 Å². The maximum Gasteiger partial charge on any atom is 0.229 e. The first-order chi connectivity index (χ1) is 9.97. The average Bonchev–Trinajstić information content (AvgIpc) is 2.78. The number of fused-ring (bicyclic) bond motifs is 1. The minimum atomic E-state index is -0.167. The van der Waals surface area contributed by atoms with Gasteiger partial charge in [-0.05, 0) is 31.6 Å². The molecule has 0 aromatic carbocycles. The zero-order valence-corrected chi connectivity index (χ0v) is 13.4. The Kier molecular flexibility index (Phi) is 5.17. The maximum absolute atomic E-state index is 12.3. The summed E-state index contributed by atoms with van der Waals surface area (Å²) in [4.78, 5) is 21.9. The number of amides is 1. The van der Waals surface area contributed by atoms with Gasteiger partial charge >= 0.3 is 0 Å². The smallest absolute Gasteiger partial charge is 0.229 e. The molecule has 1 aromatic rings. The molecule has 1 amide bonds. The van der Waals surface area contributed by atoms with Crippen molar-refractivity contribution >= 4 is 28.3 Å². The van der Waals surface area contributed by atoms with Crippen molar-refractivity contribution < 1.29 is 4.79 Å². The van der Waals surface area contributed by atoms with E-state index in [9.17, 15) is 4.79 Å². The van der Waals surface area contributed by atoms with E-state index in [2.05, 4.69) is 29.1 Å². The molecule has 0 saturated carbocycles. The first-order valence-electron chi connectivity index (χ1n) is 7.34. The summed E-state index contributed by atoms with van der Waals surface area (Å²) in [7, 11) is 0. The van der Waals surface area contributed by atoms with Crippen LogP contribution in [0, 0.1) is 5.92 Å². The second-order valence-corrected chi connectivity index (χ2v) is 6.82. The van der Waals surface area contributed by atoms with Crippen molar-refractivity contribution in [2.24, 2.45) is 22.4 Å². The van der Waals surface area contributed by atoms with E-state index < -0.39 is 0 Å². The molecule has 2 rings (SSSR count). The number of nitrogens with one attached hydrogen (secondary N) is 1. The number of thiazole rings is 1. The minimum Gasteiger partial charge on any atom is -0.370 e. The Labute approximate surface area is 129 Å². The number of aryl methyl sites for hydroxylation is 1. The second kappa shape index (κ2) is 6.89. The molecule has 0 radical (unpaired) electrons. The third kappa shape index (κ3) is 4.17. The highest BCUT2D eigenvalue weighted by Gasteiger charge is 2.30. The maximum atomic E-state index is 12.3. The van der Waals surface area contributed by atoms with Gasteiger partial charge in [-0.2, -0.15) is 4.99 Å². The summed E-state index contributed by atoms with van der Waals surface area (Å²) in [6, 6.07) is 0. The van der Waals surface area contributed by atoms with E-state index in [1.165, 1.54) is 11.3 Å². The van der Waals surface area contributed by atoms with Crippen LogP contribution >= 0.6 is 11.3 Å². The lowest BCUT2D eigenvalue weighted by molar-refractivity contribution is -0.122. The van der Waals surface area contributed by atoms with Gasteiger partial charge in [0.25, 0.3) is 0 Å². The first-order valence-corrected chi connectivity index (χ1v) is 8.16. The second-order valence-electron chi connectivity index (χ2n) is 5.76. The van der Waals surface area contributed by atoms with Gasteiger partial charge in [-0.3, -0.25) is 4.79 Å². The van der Waals surface area contributed by atoms with Crippen molar-refractivity contribution in [1.82, 2.24) is 10.3 Å². The number of nitrogens with zero attached hydrogens (tertiary/aromatic N) is 2. The van der Waals surface area contributed by atoms with Gasteiger partial charge < -0.3 is 16.8 Å². The van der Waals surface area contributed by atoms with Crippen molar-refractivity contribution in [1.29, 1.82) is 0 Å². The summed E-state index contributed by atoms with van der Waals surface area (Å²) >= 11 is 1.47. The lowest BCUT2D eigenvalue weighted by atomic mass is 9.90. The van der Waals surface area contributed by atoms with E-state index in [1.807, 2.05) is 0 Å². The highest BCUT2D eigenvalue weighted by atomic mass is 32.1. The van der Waals surface area contributed by atoms with Crippen LogP contribution in [0.4, 0.5) is 5.13 Å². The van der Waals surface area contributed by atoms with Crippen LogP contribution in [0.2, 0.25) is 0 Å². The molecule has 1 atom stereocenters. The van der Waals surface area contributed by atoms with E-state index in [0.29, 0.717) is 17.6 Å². The number of nitrogens with two attached hydrogens (primary N) is 2. The Morgan fingerprint density at radius 2 is 2.29 bits per heavy atom. The fourth-order valence-corrected chi connectivity index (χ4v) is 3.48. The third-order valence-corrected chi connectivity index (χ3v) is 4.53. The SMILES string of the molecule is CC(C)CCNC(=O)C1CCCc2sc(N=C(N)N)nc21. The Morgan fingerprint density at radius 1 is 1.52 bits per heavy atom. The Balaban J connectivity index is 2.08. The molecule has 0 aliphatic heterocycles. The zero-order valence-electron chi connectivity index (χ0n) is 12.6. The molecule has 6 nitrogen and oxygen atoms in total. The fourth-order valence-electron chi connectivity index (χ4n) is 2.43. The van der Waals surface area contributed by atoms with Gasteiger partial charge in [0, 0.05) is 11.4 Å². The quantitative estimate of drug-likeness (QED) is 0.567. The predicted molar refractivity (Wildman–Crippen MR) is 85.7 cm³/mol. The number of aromatic nitrogens is 1. The van der Waals surface area contributed by atoms with E-state index >= 15 is 0 Å². The van der Waals surface area contributed by atoms with Crippen molar-refractivity contribution in [3.63, 3.8) is 0 Å². The van der Waals surface area contributed by atoms with Gasteiger partial charge in [0.05, 0.1) is 11.6 Å². The molecule has 1 aromatic heterocycles. The van der Waals surface area contributed by atoms with Gasteiger partial charge in [0.2, 0.25) is 11.0 Å². The van der Waals surface area contributed by atoms with Gasteiger partial charge in [-0.15, -0.1) is 0 Å². The number of carbonyl (C=O) groups is 1. The number of hydrogen-bond acceptors (Lipinski definition) is 4. The average molecular weight is 309 g/mol. The van der Waals surface area contributed by atoms with Crippen molar-refractivity contribution in [2.75, 3.05) is 6.54 Å². The summed E-state index contributed by atoms with van der Waals surface area (Å²) in [5.74, 6) is 0.484. The highest BCUT2D eigenvalue weighted by molar-refractivity contribution is 7.15. The molecule has 21 heavy (non-hydrogen) atoms. The van der Waals surface area contributed by atoms with E-state index in [4.69, 9.17) is 11.5 Å². The largest absolute Gasteiger partial charge is 0.370 e. The summed E-state index contributed by atoms with van der Waals surface area (Å²) in [6.07, 6.45) is 3.77. The van der Waals surface area contributed by atoms with Crippen molar-refractivity contribution in [3.05, 3.63) is 10.6 Å². The number of rotatable bonds is 5. The lowest BCUT2D eigenvalue weighted by Crippen LogP contribution is -2.32. The zero-order chi connectivity index (χ0) is 15.4. The van der Waals surface area contributed by atoms with Crippen LogP contribution in [-0.4, -0.2) is 23.4 Å². The lowest BCUT2D eigenvalue weighted by Gasteiger charge is -2.20. The normalized spacial score (nSPS) is 17.4. The minimum absolute atomic E-state index is 0.000896. The topological polar surface area (TPSA) is 106 Å². The summed E-state index contributed by atoms with van der Waals surface area (Å²) < 4.78 is 0. The molecule has 116 valence electrons. The molecule has 0 fully saturated rings.